The minimum atomic E-state index is -0.238. The van der Waals surface area contributed by atoms with Crippen molar-refractivity contribution in [2.45, 2.75) is 13.3 Å². The maximum Gasteiger partial charge on any atom is 0.338 e. The smallest absolute Gasteiger partial charge is 0.338 e. The number of phenols is 1. The Morgan fingerprint density at radius 2 is 1.53 bits per heavy atom. The molecule has 0 heterocycles. The highest BCUT2D eigenvalue weighted by Gasteiger charge is 2.03. The number of para-hydroxylation sites is 1. The first-order chi connectivity index (χ1) is 9.24. The molecule has 3 heteroatoms. The van der Waals surface area contributed by atoms with Gasteiger partial charge < -0.3 is 9.84 Å². The van der Waals surface area contributed by atoms with E-state index in [2.05, 4.69) is 0 Å². The van der Waals surface area contributed by atoms with Crippen LogP contribution in [0, 0.1) is 0 Å². The van der Waals surface area contributed by atoms with Crippen molar-refractivity contribution in [1.29, 1.82) is 0 Å². The van der Waals surface area contributed by atoms with E-state index < -0.39 is 0 Å². The number of phenolic OH excluding ortho intramolecular Hbond substituents is 1. The molecule has 3 nitrogen and oxygen atoms in total. The lowest BCUT2D eigenvalue weighted by Gasteiger charge is -2.01. The molecule has 0 unspecified atom stereocenters. The number of esters is 1. The van der Waals surface area contributed by atoms with E-state index in [-0.39, 0.29) is 5.97 Å². The van der Waals surface area contributed by atoms with Crippen LogP contribution in [0.5, 0.6) is 5.75 Å². The van der Waals surface area contributed by atoms with Gasteiger partial charge in [-0.1, -0.05) is 43.3 Å². The summed E-state index contributed by atoms with van der Waals surface area (Å²) in [4.78, 5) is 11.2. The number of ether oxygens (including phenoxy) is 1. The van der Waals surface area contributed by atoms with Crippen LogP contribution in [0.1, 0.15) is 23.7 Å². The van der Waals surface area contributed by atoms with Crippen molar-refractivity contribution >= 4 is 5.97 Å². The topological polar surface area (TPSA) is 46.5 Å². The first-order valence-corrected chi connectivity index (χ1v) is 6.20. The van der Waals surface area contributed by atoms with Crippen LogP contribution < -0.4 is 0 Å². The van der Waals surface area contributed by atoms with Gasteiger partial charge in [0, 0.05) is 0 Å². The molecule has 0 fully saturated rings. The summed E-state index contributed by atoms with van der Waals surface area (Å²) in [5.41, 5.74) is 0.617. The molecule has 19 heavy (non-hydrogen) atoms. The van der Waals surface area contributed by atoms with Gasteiger partial charge in [-0.3, -0.25) is 0 Å². The van der Waals surface area contributed by atoms with Gasteiger partial charge in [0.25, 0.3) is 0 Å². The zero-order valence-corrected chi connectivity index (χ0v) is 11.0. The van der Waals surface area contributed by atoms with E-state index in [1.807, 2.05) is 31.2 Å². The number of benzene rings is 2. The fraction of sp³-hybridized carbons (Fsp3) is 0.188. The number of rotatable bonds is 3. The maximum atomic E-state index is 11.2. The van der Waals surface area contributed by atoms with Crippen molar-refractivity contribution < 1.29 is 14.6 Å². The fourth-order valence-electron chi connectivity index (χ4n) is 1.28. The second-order valence-corrected chi connectivity index (χ2v) is 3.84. The van der Waals surface area contributed by atoms with Gasteiger partial charge in [0.2, 0.25) is 0 Å². The van der Waals surface area contributed by atoms with Crippen molar-refractivity contribution in [3.8, 4) is 5.75 Å². The maximum absolute atomic E-state index is 11.2. The second-order valence-electron chi connectivity index (χ2n) is 3.84. The average Bonchev–Trinajstić information content (AvgIpc) is 2.47. The van der Waals surface area contributed by atoms with Crippen molar-refractivity contribution in [2.75, 3.05) is 6.61 Å². The van der Waals surface area contributed by atoms with Crippen molar-refractivity contribution in [1.82, 2.24) is 0 Å². The van der Waals surface area contributed by atoms with Crippen LogP contribution in [0.3, 0.4) is 0 Å². The van der Waals surface area contributed by atoms with E-state index >= 15 is 0 Å². The third kappa shape index (κ3) is 6.27. The summed E-state index contributed by atoms with van der Waals surface area (Å²) in [5, 5.41) is 8.63. The van der Waals surface area contributed by atoms with Gasteiger partial charge in [-0.15, -0.1) is 0 Å². The summed E-state index contributed by atoms with van der Waals surface area (Å²) in [6, 6.07) is 17.7. The summed E-state index contributed by atoms with van der Waals surface area (Å²) in [7, 11) is 0. The Morgan fingerprint density at radius 1 is 1.00 bits per heavy atom. The molecular formula is C16H18O3. The highest BCUT2D eigenvalue weighted by Crippen LogP contribution is 2.03. The lowest BCUT2D eigenvalue weighted by Crippen LogP contribution is -2.05. The molecule has 0 bridgehead atoms. The molecule has 0 aliphatic carbocycles. The van der Waals surface area contributed by atoms with Gasteiger partial charge in [0.05, 0.1) is 12.2 Å². The minimum absolute atomic E-state index is 0.238. The van der Waals surface area contributed by atoms with Crippen molar-refractivity contribution in [3.63, 3.8) is 0 Å². The highest BCUT2D eigenvalue weighted by molar-refractivity contribution is 5.89. The molecule has 1 N–H and O–H groups in total. The molecule has 0 aliphatic rings. The molecule has 0 saturated carbocycles. The SMILES string of the molecule is CCCOC(=O)c1ccccc1.Oc1ccccc1. The quantitative estimate of drug-likeness (QED) is 0.855. The van der Waals surface area contributed by atoms with Crippen LogP contribution in [-0.4, -0.2) is 17.7 Å². The van der Waals surface area contributed by atoms with Gasteiger partial charge in [0.1, 0.15) is 5.75 Å². The predicted octanol–water partition coefficient (Wildman–Crippen LogP) is 3.65. The van der Waals surface area contributed by atoms with Crippen molar-refractivity contribution in [3.05, 3.63) is 66.2 Å². The van der Waals surface area contributed by atoms with E-state index in [4.69, 9.17) is 9.84 Å². The van der Waals surface area contributed by atoms with Crippen LogP contribution in [0.4, 0.5) is 0 Å². The highest BCUT2D eigenvalue weighted by atomic mass is 16.5. The molecule has 0 radical (unpaired) electrons. The summed E-state index contributed by atoms with van der Waals surface area (Å²) >= 11 is 0. The Hall–Kier alpha value is -2.29. The molecule has 0 atom stereocenters. The van der Waals surface area contributed by atoms with E-state index in [9.17, 15) is 4.79 Å². The molecule has 0 aromatic heterocycles. The zero-order chi connectivity index (χ0) is 13.9. The lowest BCUT2D eigenvalue weighted by molar-refractivity contribution is 0.0505. The van der Waals surface area contributed by atoms with Crippen LogP contribution in [0.15, 0.2) is 60.7 Å². The Balaban J connectivity index is 0.000000218. The normalized spacial score (nSPS) is 9.11. The molecule has 2 rings (SSSR count). The van der Waals surface area contributed by atoms with Crippen LogP contribution in [0.25, 0.3) is 0 Å². The third-order valence-corrected chi connectivity index (χ3v) is 2.20. The predicted molar refractivity (Wildman–Crippen MR) is 75.1 cm³/mol. The molecule has 0 spiro atoms. The zero-order valence-electron chi connectivity index (χ0n) is 11.0. The summed E-state index contributed by atoms with van der Waals surface area (Å²) in [6.45, 7) is 2.46. The molecule has 0 saturated heterocycles. The first kappa shape index (κ1) is 14.8. The third-order valence-electron chi connectivity index (χ3n) is 2.20. The van der Waals surface area contributed by atoms with Crippen LogP contribution >= 0.6 is 0 Å². The average molecular weight is 258 g/mol. The van der Waals surface area contributed by atoms with Gasteiger partial charge in [0.15, 0.2) is 0 Å². The molecule has 0 aliphatic heterocycles. The number of aromatic hydroxyl groups is 1. The molecular weight excluding hydrogens is 240 g/mol. The van der Waals surface area contributed by atoms with Crippen molar-refractivity contribution in [2.24, 2.45) is 0 Å². The van der Waals surface area contributed by atoms with E-state index in [1.165, 1.54) is 0 Å². The van der Waals surface area contributed by atoms with Crippen LogP contribution in [0.2, 0.25) is 0 Å². The summed E-state index contributed by atoms with van der Waals surface area (Å²) in [6.07, 6.45) is 0.860. The summed E-state index contributed by atoms with van der Waals surface area (Å²) < 4.78 is 4.94. The molecule has 2 aromatic rings. The monoisotopic (exact) mass is 258 g/mol. The standard InChI is InChI=1S/C10H12O2.C6H6O/c1-2-8-12-10(11)9-6-4-3-5-7-9;7-6-4-2-1-3-5-6/h3-7H,2,8H2,1H3;1-5,7H. The number of hydrogen-bond acceptors (Lipinski definition) is 3. The lowest BCUT2D eigenvalue weighted by atomic mass is 10.2. The van der Waals surface area contributed by atoms with Gasteiger partial charge >= 0.3 is 5.97 Å². The minimum Gasteiger partial charge on any atom is -0.508 e. The fourth-order valence-corrected chi connectivity index (χ4v) is 1.28. The molecule has 0 amide bonds. The van der Waals surface area contributed by atoms with E-state index in [0.29, 0.717) is 17.9 Å². The second kappa shape index (κ2) is 8.75. The Morgan fingerprint density at radius 3 is 1.95 bits per heavy atom. The molecule has 100 valence electrons. The molecule has 2 aromatic carbocycles. The number of carbonyl (C=O) groups excluding carboxylic acids is 1. The Kier molecular flexibility index (Phi) is 6.80. The Labute approximate surface area is 113 Å². The van der Waals surface area contributed by atoms with Gasteiger partial charge in [-0.05, 0) is 30.7 Å². The van der Waals surface area contributed by atoms with Crippen LogP contribution in [-0.2, 0) is 4.74 Å². The van der Waals surface area contributed by atoms with Gasteiger partial charge in [-0.2, -0.15) is 0 Å². The first-order valence-electron chi connectivity index (χ1n) is 6.20. The number of carbonyl (C=O) groups is 1. The largest absolute Gasteiger partial charge is 0.508 e. The van der Waals surface area contributed by atoms with E-state index in [1.54, 1.807) is 36.4 Å². The number of hydrogen-bond donors (Lipinski definition) is 1. The Bertz CT molecular complexity index is 466. The van der Waals surface area contributed by atoms with Gasteiger partial charge in [-0.25, -0.2) is 4.79 Å². The summed E-state index contributed by atoms with van der Waals surface area (Å²) in [5.74, 6) is 0.0833. The van der Waals surface area contributed by atoms with E-state index in [0.717, 1.165) is 6.42 Å².